The molecule has 0 amide bonds. The maximum Gasteiger partial charge on any atom is 0.0676 e. The van der Waals surface area contributed by atoms with Crippen LogP contribution in [0.3, 0.4) is 0 Å². The van der Waals surface area contributed by atoms with Crippen molar-refractivity contribution in [3.63, 3.8) is 0 Å². The van der Waals surface area contributed by atoms with Crippen LogP contribution in [0.2, 0.25) is 0 Å². The van der Waals surface area contributed by atoms with E-state index < -0.39 is 0 Å². The van der Waals surface area contributed by atoms with Gasteiger partial charge < -0.3 is 5.11 Å². The van der Waals surface area contributed by atoms with Gasteiger partial charge in [0.15, 0.2) is 0 Å². The maximum absolute atomic E-state index is 9.99. The molecule has 2 aliphatic rings. The predicted octanol–water partition coefficient (Wildman–Crippen LogP) is 1.95. The van der Waals surface area contributed by atoms with Crippen molar-refractivity contribution in [2.75, 3.05) is 0 Å². The molecule has 2 aliphatic carbocycles. The Bertz CT molecular complexity index is 144. The third kappa shape index (κ3) is 0.731. The molecule has 2 fully saturated rings. The van der Waals surface area contributed by atoms with Crippen molar-refractivity contribution in [2.45, 2.75) is 44.6 Å². The number of rotatable bonds is 1. The normalized spacial score (nSPS) is 52.2. The summed E-state index contributed by atoms with van der Waals surface area (Å²) >= 11 is 0. The smallest absolute Gasteiger partial charge is 0.0676 e. The zero-order valence-electron chi connectivity index (χ0n) is 6.64. The molecule has 3 atom stereocenters. The van der Waals surface area contributed by atoms with Crippen LogP contribution in [0.4, 0.5) is 0 Å². The van der Waals surface area contributed by atoms with Gasteiger partial charge in [0.2, 0.25) is 0 Å². The van der Waals surface area contributed by atoms with E-state index in [1.54, 1.807) is 0 Å². The minimum atomic E-state index is -0.247. The Hall–Kier alpha value is -0.0400. The highest BCUT2D eigenvalue weighted by Crippen LogP contribution is 2.51. The number of aliphatic hydroxyl groups is 1. The highest BCUT2D eigenvalue weighted by molar-refractivity contribution is 5.00. The second kappa shape index (κ2) is 1.97. The van der Waals surface area contributed by atoms with Crippen LogP contribution in [0.25, 0.3) is 0 Å². The highest BCUT2D eigenvalue weighted by atomic mass is 16.3. The highest BCUT2D eigenvalue weighted by Gasteiger charge is 2.48. The van der Waals surface area contributed by atoms with E-state index in [4.69, 9.17) is 0 Å². The molecule has 0 aromatic rings. The van der Waals surface area contributed by atoms with E-state index in [2.05, 4.69) is 6.92 Å². The fraction of sp³-hybridized carbons (Fsp3) is 1.00. The molecule has 1 N–H and O–H groups in total. The predicted molar refractivity (Wildman–Crippen MR) is 40.7 cm³/mol. The van der Waals surface area contributed by atoms with Crippen LogP contribution in [-0.2, 0) is 0 Å². The molecule has 0 spiro atoms. The van der Waals surface area contributed by atoms with Crippen molar-refractivity contribution in [3.8, 4) is 0 Å². The Kier molecular flexibility index (Phi) is 1.31. The zero-order valence-corrected chi connectivity index (χ0v) is 6.64. The van der Waals surface area contributed by atoms with Gasteiger partial charge in [-0.25, -0.2) is 0 Å². The van der Waals surface area contributed by atoms with Crippen LogP contribution in [0, 0.1) is 11.8 Å². The van der Waals surface area contributed by atoms with Gasteiger partial charge in [0, 0.05) is 0 Å². The molecule has 0 radical (unpaired) electrons. The van der Waals surface area contributed by atoms with Gasteiger partial charge in [-0.1, -0.05) is 6.92 Å². The molecule has 0 aliphatic heterocycles. The van der Waals surface area contributed by atoms with E-state index in [0.29, 0.717) is 5.92 Å². The summed E-state index contributed by atoms with van der Waals surface area (Å²) in [5.74, 6) is 1.53. The summed E-state index contributed by atoms with van der Waals surface area (Å²) in [6.07, 6.45) is 6.04. The lowest BCUT2D eigenvalue weighted by Gasteiger charge is -2.31. The molecular weight excluding hydrogens is 124 g/mol. The van der Waals surface area contributed by atoms with Gasteiger partial charge in [-0.05, 0) is 43.9 Å². The Morgan fingerprint density at radius 3 is 2.60 bits per heavy atom. The van der Waals surface area contributed by atoms with E-state index >= 15 is 0 Å². The molecule has 1 nitrogen and oxygen atoms in total. The Balaban J connectivity index is 2.14. The summed E-state index contributed by atoms with van der Waals surface area (Å²) in [5.41, 5.74) is -0.247. The average Bonchev–Trinajstić information content (AvgIpc) is 2.46. The summed E-state index contributed by atoms with van der Waals surface area (Å²) in [6, 6.07) is 0. The largest absolute Gasteiger partial charge is 0.390 e. The lowest BCUT2D eigenvalue weighted by Crippen LogP contribution is -2.33. The lowest BCUT2D eigenvalue weighted by molar-refractivity contribution is -0.0162. The molecule has 0 aromatic heterocycles. The molecule has 2 saturated carbocycles. The van der Waals surface area contributed by atoms with Crippen molar-refractivity contribution in [1.29, 1.82) is 0 Å². The van der Waals surface area contributed by atoms with Crippen LogP contribution < -0.4 is 0 Å². The first-order valence-electron chi connectivity index (χ1n) is 4.47. The summed E-state index contributed by atoms with van der Waals surface area (Å²) in [7, 11) is 0. The second-order valence-corrected chi connectivity index (χ2v) is 4.04. The molecule has 10 heavy (non-hydrogen) atoms. The average molecular weight is 140 g/mol. The van der Waals surface area contributed by atoms with E-state index in [-0.39, 0.29) is 5.60 Å². The molecular formula is C9H16O. The van der Waals surface area contributed by atoms with Crippen LogP contribution in [-0.4, -0.2) is 10.7 Å². The van der Waals surface area contributed by atoms with Crippen molar-refractivity contribution >= 4 is 0 Å². The SMILES string of the molecule is CC[C@@]1(O)C[C@H]2CC[C@@H]1C2. The number of hydrogen-bond donors (Lipinski definition) is 1. The zero-order chi connectivity index (χ0) is 7.19. The number of fused-ring (bicyclic) bond motifs is 2. The summed E-state index contributed by atoms with van der Waals surface area (Å²) < 4.78 is 0. The molecule has 1 heteroatoms. The minimum absolute atomic E-state index is 0.247. The van der Waals surface area contributed by atoms with Gasteiger partial charge in [0.25, 0.3) is 0 Å². The van der Waals surface area contributed by atoms with Gasteiger partial charge in [-0.3, -0.25) is 0 Å². The van der Waals surface area contributed by atoms with E-state index in [0.717, 1.165) is 18.8 Å². The van der Waals surface area contributed by atoms with Gasteiger partial charge in [0.1, 0.15) is 0 Å². The van der Waals surface area contributed by atoms with Crippen LogP contribution >= 0.6 is 0 Å². The van der Waals surface area contributed by atoms with Gasteiger partial charge >= 0.3 is 0 Å². The Labute approximate surface area is 62.4 Å². The van der Waals surface area contributed by atoms with Crippen LogP contribution in [0.15, 0.2) is 0 Å². The van der Waals surface area contributed by atoms with Gasteiger partial charge in [-0.2, -0.15) is 0 Å². The lowest BCUT2D eigenvalue weighted by atomic mass is 9.82. The minimum Gasteiger partial charge on any atom is -0.390 e. The third-order valence-corrected chi connectivity index (χ3v) is 3.56. The maximum atomic E-state index is 9.99. The van der Waals surface area contributed by atoms with Crippen molar-refractivity contribution in [3.05, 3.63) is 0 Å². The molecule has 0 heterocycles. The quantitative estimate of drug-likeness (QED) is 0.590. The third-order valence-electron chi connectivity index (χ3n) is 3.56. The summed E-state index contributed by atoms with van der Waals surface area (Å²) in [4.78, 5) is 0. The van der Waals surface area contributed by atoms with Crippen molar-refractivity contribution in [1.82, 2.24) is 0 Å². The molecule has 0 unspecified atom stereocenters. The fourth-order valence-electron chi connectivity index (χ4n) is 2.85. The Morgan fingerprint density at radius 2 is 2.30 bits per heavy atom. The van der Waals surface area contributed by atoms with Crippen molar-refractivity contribution < 1.29 is 5.11 Å². The molecule has 0 saturated heterocycles. The standard InChI is InChI=1S/C9H16O/c1-2-9(10)6-7-3-4-8(9)5-7/h7-8,10H,2-6H2,1H3/t7-,8+,9+/m0/s1. The molecule has 58 valence electrons. The van der Waals surface area contributed by atoms with Gasteiger partial charge in [-0.15, -0.1) is 0 Å². The van der Waals surface area contributed by atoms with E-state index in [1.165, 1.54) is 19.3 Å². The summed E-state index contributed by atoms with van der Waals surface area (Å²) in [6.45, 7) is 2.11. The van der Waals surface area contributed by atoms with E-state index in [9.17, 15) is 5.11 Å². The summed E-state index contributed by atoms with van der Waals surface area (Å²) in [5, 5.41) is 9.99. The van der Waals surface area contributed by atoms with Gasteiger partial charge in [0.05, 0.1) is 5.60 Å². The number of hydrogen-bond acceptors (Lipinski definition) is 1. The van der Waals surface area contributed by atoms with Crippen LogP contribution in [0.5, 0.6) is 0 Å². The van der Waals surface area contributed by atoms with E-state index in [1.807, 2.05) is 0 Å². The monoisotopic (exact) mass is 140 g/mol. The molecule has 0 aromatic carbocycles. The van der Waals surface area contributed by atoms with Crippen molar-refractivity contribution in [2.24, 2.45) is 11.8 Å². The Morgan fingerprint density at radius 1 is 1.50 bits per heavy atom. The molecule has 2 bridgehead atoms. The first-order valence-corrected chi connectivity index (χ1v) is 4.47. The topological polar surface area (TPSA) is 20.2 Å². The first-order chi connectivity index (χ1) is 4.74. The fourth-order valence-corrected chi connectivity index (χ4v) is 2.85. The molecule has 2 rings (SSSR count). The first kappa shape index (κ1) is 6.66. The second-order valence-electron chi connectivity index (χ2n) is 4.04. The van der Waals surface area contributed by atoms with Crippen LogP contribution in [0.1, 0.15) is 39.0 Å².